The van der Waals surface area contributed by atoms with Gasteiger partial charge in [-0.25, -0.2) is 0 Å². The Bertz CT molecular complexity index is 2050. The lowest BCUT2D eigenvalue weighted by molar-refractivity contribution is 0.642. The number of benzene rings is 6. The van der Waals surface area contributed by atoms with Gasteiger partial charge in [-0.2, -0.15) is 0 Å². The molecule has 1 heterocycles. The van der Waals surface area contributed by atoms with Crippen LogP contribution < -0.4 is 0 Å². The minimum atomic E-state index is -0.237. The van der Waals surface area contributed by atoms with Gasteiger partial charge in [0.1, 0.15) is 0 Å². The first-order valence-corrected chi connectivity index (χ1v) is 16.3. The number of rotatable bonds is 4. The minimum Gasteiger partial charge on any atom is -0.0888 e. The minimum absolute atomic E-state index is 0.120. The van der Waals surface area contributed by atoms with Crippen molar-refractivity contribution in [3.63, 3.8) is 0 Å². The van der Waals surface area contributed by atoms with Crippen LogP contribution in [-0.4, -0.2) is 0 Å². The zero-order chi connectivity index (χ0) is 29.9. The van der Waals surface area contributed by atoms with E-state index < -0.39 is 0 Å². The van der Waals surface area contributed by atoms with E-state index in [2.05, 4.69) is 172 Å². The molecule has 6 aromatic carbocycles. The molecule has 0 nitrogen and oxygen atoms in total. The monoisotopic (exact) mass is 582 g/mol. The van der Waals surface area contributed by atoms with E-state index in [1.54, 1.807) is 0 Å². The van der Waals surface area contributed by atoms with Crippen LogP contribution in [0.5, 0.6) is 0 Å². The summed E-state index contributed by atoms with van der Waals surface area (Å²) >= 11 is 1.95. The molecule has 1 unspecified atom stereocenters. The zero-order valence-electron chi connectivity index (χ0n) is 25.3. The Labute approximate surface area is 265 Å². The quantitative estimate of drug-likeness (QED) is 0.186. The molecule has 0 bridgehead atoms. The van der Waals surface area contributed by atoms with E-state index in [1.807, 2.05) is 11.8 Å². The third kappa shape index (κ3) is 4.07. The van der Waals surface area contributed by atoms with Crippen LogP contribution in [0.4, 0.5) is 0 Å². The van der Waals surface area contributed by atoms with Crippen molar-refractivity contribution in [3.05, 3.63) is 190 Å². The number of hydrogen-bond donors (Lipinski definition) is 0. The Morgan fingerprint density at radius 1 is 0.545 bits per heavy atom. The van der Waals surface area contributed by atoms with E-state index in [0.29, 0.717) is 0 Å². The second-order valence-electron chi connectivity index (χ2n) is 12.7. The third-order valence-electron chi connectivity index (χ3n) is 9.83. The van der Waals surface area contributed by atoms with Crippen molar-refractivity contribution in [3.8, 4) is 11.1 Å². The second-order valence-corrected chi connectivity index (χ2v) is 13.7. The first-order valence-electron chi connectivity index (χ1n) is 15.4. The number of hydrogen-bond acceptors (Lipinski definition) is 1. The fourth-order valence-corrected chi connectivity index (χ4v) is 8.89. The van der Waals surface area contributed by atoms with Crippen LogP contribution in [0.1, 0.15) is 65.3 Å². The molecule has 0 radical (unpaired) electrons. The Hall–Kier alpha value is -4.59. The normalized spacial score (nSPS) is 17.8. The van der Waals surface area contributed by atoms with E-state index in [-0.39, 0.29) is 10.8 Å². The van der Waals surface area contributed by atoms with E-state index >= 15 is 0 Å². The van der Waals surface area contributed by atoms with E-state index in [0.717, 1.165) is 0 Å². The molecule has 44 heavy (non-hydrogen) atoms. The molecule has 0 spiro atoms. The molecule has 0 amide bonds. The summed E-state index contributed by atoms with van der Waals surface area (Å²) in [6, 6.07) is 53.5. The highest BCUT2D eigenvalue weighted by molar-refractivity contribution is 7.99. The van der Waals surface area contributed by atoms with Crippen molar-refractivity contribution in [2.75, 3.05) is 0 Å². The standard InChI is InChI=1S/C43H34S/c1-42(2)36-25-26-37-41(44-39-22-14-13-21-35(39)43(37,3)32-19-11-6-12-20-32)40(36)33-24-23-31(28-38(33)42)34(30-17-9-5-10-18-30)27-29-15-7-4-8-16-29/h4-28H,1-3H3/b34-27+. The molecule has 0 aromatic heterocycles. The predicted octanol–water partition coefficient (Wildman–Crippen LogP) is 11.4. The van der Waals surface area contributed by atoms with Gasteiger partial charge in [0, 0.05) is 26.2 Å². The van der Waals surface area contributed by atoms with Crippen LogP contribution in [-0.2, 0) is 10.8 Å². The van der Waals surface area contributed by atoms with Gasteiger partial charge in [0.15, 0.2) is 0 Å². The van der Waals surface area contributed by atoms with Crippen molar-refractivity contribution in [1.29, 1.82) is 0 Å². The average Bonchev–Trinajstić information content (AvgIpc) is 3.31. The van der Waals surface area contributed by atoms with Gasteiger partial charge in [-0.15, -0.1) is 0 Å². The fourth-order valence-electron chi connectivity index (χ4n) is 7.44. The predicted molar refractivity (Wildman–Crippen MR) is 186 cm³/mol. The summed E-state index contributed by atoms with van der Waals surface area (Å²) in [5, 5.41) is 0. The summed E-state index contributed by atoms with van der Waals surface area (Å²) in [4.78, 5) is 2.75. The Morgan fingerprint density at radius 2 is 1.18 bits per heavy atom. The molecule has 1 atom stereocenters. The van der Waals surface area contributed by atoms with Crippen molar-refractivity contribution >= 4 is 23.4 Å². The molecule has 8 rings (SSSR count). The molecule has 0 saturated carbocycles. The van der Waals surface area contributed by atoms with Gasteiger partial charge in [0.25, 0.3) is 0 Å². The third-order valence-corrected chi connectivity index (χ3v) is 11.0. The van der Waals surface area contributed by atoms with Crippen LogP contribution in [0.2, 0.25) is 0 Å². The van der Waals surface area contributed by atoms with Crippen LogP contribution in [0.15, 0.2) is 155 Å². The highest BCUT2D eigenvalue weighted by Gasteiger charge is 2.44. The van der Waals surface area contributed by atoms with Gasteiger partial charge in [0.05, 0.1) is 0 Å². The van der Waals surface area contributed by atoms with Crippen LogP contribution >= 0.6 is 11.8 Å². The van der Waals surface area contributed by atoms with Gasteiger partial charge in [-0.05, 0) is 80.8 Å². The van der Waals surface area contributed by atoms with E-state index in [1.165, 1.54) is 71.0 Å². The van der Waals surface area contributed by atoms with Gasteiger partial charge in [0.2, 0.25) is 0 Å². The summed E-state index contributed by atoms with van der Waals surface area (Å²) < 4.78 is 0. The summed E-state index contributed by atoms with van der Waals surface area (Å²) in [5.74, 6) is 0. The van der Waals surface area contributed by atoms with Crippen LogP contribution in [0.3, 0.4) is 0 Å². The second kappa shape index (κ2) is 10.3. The van der Waals surface area contributed by atoms with E-state index in [9.17, 15) is 0 Å². The summed E-state index contributed by atoms with van der Waals surface area (Å²) in [5.41, 5.74) is 14.3. The van der Waals surface area contributed by atoms with Crippen molar-refractivity contribution < 1.29 is 0 Å². The molecular formula is C43H34S. The molecule has 1 aliphatic heterocycles. The highest BCUT2D eigenvalue weighted by atomic mass is 32.2. The lowest BCUT2D eigenvalue weighted by Gasteiger charge is -2.39. The largest absolute Gasteiger partial charge is 0.0888 e. The lowest BCUT2D eigenvalue weighted by Crippen LogP contribution is -2.29. The van der Waals surface area contributed by atoms with Crippen molar-refractivity contribution in [2.24, 2.45) is 0 Å². The van der Waals surface area contributed by atoms with Gasteiger partial charge < -0.3 is 0 Å². The molecule has 1 heteroatoms. The van der Waals surface area contributed by atoms with Crippen molar-refractivity contribution in [1.82, 2.24) is 0 Å². The van der Waals surface area contributed by atoms with Gasteiger partial charge in [-0.3, -0.25) is 0 Å². The first-order chi connectivity index (χ1) is 21.5. The molecule has 0 N–H and O–H groups in total. The Morgan fingerprint density at radius 3 is 1.93 bits per heavy atom. The molecule has 1 aliphatic carbocycles. The summed E-state index contributed by atoms with van der Waals surface area (Å²) in [7, 11) is 0. The van der Waals surface area contributed by atoms with Gasteiger partial charge in [-0.1, -0.05) is 159 Å². The van der Waals surface area contributed by atoms with E-state index in [4.69, 9.17) is 0 Å². The molecule has 6 aromatic rings. The first kappa shape index (κ1) is 27.0. The Balaban J connectivity index is 1.34. The maximum absolute atomic E-state index is 2.46. The van der Waals surface area contributed by atoms with Gasteiger partial charge >= 0.3 is 0 Å². The zero-order valence-corrected chi connectivity index (χ0v) is 26.2. The Kier molecular flexibility index (Phi) is 6.29. The highest BCUT2D eigenvalue weighted by Crippen LogP contribution is 2.60. The SMILES string of the molecule is CC1(C)c2cc(/C(=C/c3ccccc3)c3ccccc3)ccc2-c2c1ccc1c2Sc2ccccc2C1(C)c1ccccc1. The molecule has 212 valence electrons. The summed E-state index contributed by atoms with van der Waals surface area (Å²) in [6.07, 6.45) is 2.33. The fraction of sp³-hybridized carbons (Fsp3) is 0.116. The average molecular weight is 583 g/mol. The smallest absolute Gasteiger partial charge is 0.0445 e. The maximum atomic E-state index is 2.46. The molecule has 2 aliphatic rings. The van der Waals surface area contributed by atoms with Crippen molar-refractivity contribution in [2.45, 2.75) is 41.4 Å². The lowest BCUT2D eigenvalue weighted by atomic mass is 9.69. The molecule has 0 fully saturated rings. The maximum Gasteiger partial charge on any atom is 0.0445 e. The van der Waals surface area contributed by atoms with Crippen LogP contribution in [0, 0.1) is 0 Å². The molecular weight excluding hydrogens is 549 g/mol. The summed E-state index contributed by atoms with van der Waals surface area (Å²) in [6.45, 7) is 7.21. The number of fused-ring (bicyclic) bond motifs is 6. The topological polar surface area (TPSA) is 0 Å². The van der Waals surface area contributed by atoms with Crippen LogP contribution in [0.25, 0.3) is 22.8 Å². The molecule has 0 saturated heterocycles.